The summed E-state index contributed by atoms with van der Waals surface area (Å²) in [6, 6.07) is 7.06. The summed E-state index contributed by atoms with van der Waals surface area (Å²) >= 11 is 0.809. The molecular formula is C22H32F3N5OS. The van der Waals surface area contributed by atoms with Crippen LogP contribution >= 0.6 is 11.3 Å². The van der Waals surface area contributed by atoms with Crippen molar-refractivity contribution in [2.24, 2.45) is 0 Å². The van der Waals surface area contributed by atoms with E-state index in [9.17, 15) is 18.0 Å². The predicted octanol–water partition coefficient (Wildman–Crippen LogP) is 3.80. The molecule has 32 heavy (non-hydrogen) atoms. The molecule has 0 bridgehead atoms. The number of nitrogens with one attached hydrogen (secondary N) is 2. The number of hydrogen-bond acceptors (Lipinski definition) is 6. The van der Waals surface area contributed by atoms with Gasteiger partial charge in [-0.25, -0.2) is 4.98 Å². The number of anilines is 1. The fourth-order valence-electron chi connectivity index (χ4n) is 3.08. The van der Waals surface area contributed by atoms with Gasteiger partial charge in [-0.3, -0.25) is 4.79 Å². The molecule has 0 saturated carbocycles. The molecule has 0 fully saturated rings. The standard InChI is InChI=1S/C22H32F3N5OS/c1-15(16-8-6-9-17(14-16)30(4)5)27-21(31)19-20(22(23,24)25)28-18(32-19)10-12-26-11-7-13-29(2)3/h6,8-9,14-15,26H,7,10-13H2,1-5H3,(H,27,31). The van der Waals surface area contributed by atoms with Gasteiger partial charge in [-0.1, -0.05) is 12.1 Å². The molecule has 0 radical (unpaired) electrons. The number of aromatic nitrogens is 1. The van der Waals surface area contributed by atoms with E-state index in [0.717, 1.165) is 42.1 Å². The number of halogens is 3. The molecule has 1 amide bonds. The van der Waals surface area contributed by atoms with Gasteiger partial charge in [0.15, 0.2) is 5.69 Å². The topological polar surface area (TPSA) is 60.5 Å². The Kier molecular flexibility index (Phi) is 9.47. The van der Waals surface area contributed by atoms with Crippen LogP contribution in [0.5, 0.6) is 0 Å². The van der Waals surface area contributed by atoms with Crippen LogP contribution in [0.3, 0.4) is 0 Å². The van der Waals surface area contributed by atoms with Crippen molar-refractivity contribution < 1.29 is 18.0 Å². The monoisotopic (exact) mass is 471 g/mol. The summed E-state index contributed by atoms with van der Waals surface area (Å²) < 4.78 is 40.6. The molecule has 1 heterocycles. The van der Waals surface area contributed by atoms with Gasteiger partial charge >= 0.3 is 6.18 Å². The molecule has 1 aromatic carbocycles. The predicted molar refractivity (Wildman–Crippen MR) is 124 cm³/mol. The van der Waals surface area contributed by atoms with Crippen LogP contribution in [0, 0.1) is 0 Å². The van der Waals surface area contributed by atoms with Crippen molar-refractivity contribution >= 4 is 22.9 Å². The summed E-state index contributed by atoms with van der Waals surface area (Å²) in [5.41, 5.74) is 0.638. The van der Waals surface area contributed by atoms with E-state index in [1.165, 1.54) is 0 Å². The van der Waals surface area contributed by atoms with Crippen molar-refractivity contribution in [1.29, 1.82) is 0 Å². The number of hydrogen-bond donors (Lipinski definition) is 2. The third kappa shape index (κ3) is 7.75. The van der Waals surface area contributed by atoms with E-state index >= 15 is 0 Å². The van der Waals surface area contributed by atoms with Crippen molar-refractivity contribution in [2.75, 3.05) is 52.7 Å². The van der Waals surface area contributed by atoms with Gasteiger partial charge in [-0.15, -0.1) is 11.3 Å². The van der Waals surface area contributed by atoms with Crippen LogP contribution in [0.4, 0.5) is 18.9 Å². The van der Waals surface area contributed by atoms with Gasteiger partial charge in [0.05, 0.1) is 11.0 Å². The number of carbonyl (C=O) groups excluding carboxylic acids is 1. The van der Waals surface area contributed by atoms with E-state index < -0.39 is 28.7 Å². The highest BCUT2D eigenvalue weighted by Gasteiger charge is 2.39. The molecule has 10 heteroatoms. The van der Waals surface area contributed by atoms with E-state index in [2.05, 4.69) is 20.5 Å². The van der Waals surface area contributed by atoms with Crippen LogP contribution in [0.1, 0.15) is 45.3 Å². The molecule has 0 aliphatic heterocycles. The minimum absolute atomic E-state index is 0.296. The third-order valence-electron chi connectivity index (χ3n) is 4.85. The summed E-state index contributed by atoms with van der Waals surface area (Å²) in [7, 11) is 7.77. The Labute approximate surface area is 191 Å². The quantitative estimate of drug-likeness (QED) is 0.488. The van der Waals surface area contributed by atoms with Crippen molar-refractivity contribution in [1.82, 2.24) is 20.5 Å². The van der Waals surface area contributed by atoms with E-state index in [1.807, 2.05) is 57.4 Å². The average molecular weight is 472 g/mol. The number of amides is 1. The van der Waals surface area contributed by atoms with Crippen LogP contribution in [0.15, 0.2) is 24.3 Å². The van der Waals surface area contributed by atoms with Crippen LogP contribution < -0.4 is 15.5 Å². The first-order chi connectivity index (χ1) is 15.0. The van der Waals surface area contributed by atoms with E-state index in [1.54, 1.807) is 6.92 Å². The van der Waals surface area contributed by atoms with Crippen molar-refractivity contribution in [2.45, 2.75) is 32.0 Å². The second-order valence-corrected chi connectivity index (χ2v) is 9.21. The number of benzene rings is 1. The number of carbonyl (C=O) groups is 1. The number of alkyl halides is 3. The maximum atomic E-state index is 13.5. The Morgan fingerprint density at radius 3 is 2.53 bits per heavy atom. The highest BCUT2D eigenvalue weighted by Crippen LogP contribution is 2.35. The lowest BCUT2D eigenvalue weighted by Gasteiger charge is -2.18. The fraction of sp³-hybridized carbons (Fsp3) is 0.545. The van der Waals surface area contributed by atoms with E-state index in [0.29, 0.717) is 18.0 Å². The zero-order chi connectivity index (χ0) is 23.9. The molecule has 1 atom stereocenters. The lowest BCUT2D eigenvalue weighted by molar-refractivity contribution is -0.141. The molecule has 2 aromatic rings. The number of nitrogens with zero attached hydrogens (tertiary/aromatic N) is 3. The van der Waals surface area contributed by atoms with Crippen LogP contribution in [0.2, 0.25) is 0 Å². The number of thiazole rings is 1. The summed E-state index contributed by atoms with van der Waals surface area (Å²) in [6.07, 6.45) is -3.41. The van der Waals surface area contributed by atoms with Crippen LogP contribution in [0.25, 0.3) is 0 Å². The normalized spacial score (nSPS) is 12.8. The van der Waals surface area contributed by atoms with Gasteiger partial charge in [0.1, 0.15) is 4.88 Å². The summed E-state index contributed by atoms with van der Waals surface area (Å²) in [6.45, 7) is 3.96. The molecule has 0 saturated heterocycles. The Balaban J connectivity index is 2.06. The molecule has 178 valence electrons. The highest BCUT2D eigenvalue weighted by molar-refractivity contribution is 7.13. The second-order valence-electron chi connectivity index (χ2n) is 8.12. The smallest absolute Gasteiger partial charge is 0.378 e. The molecule has 6 nitrogen and oxygen atoms in total. The van der Waals surface area contributed by atoms with Gasteiger partial charge < -0.3 is 20.4 Å². The zero-order valence-corrected chi connectivity index (χ0v) is 20.0. The molecule has 0 spiro atoms. The average Bonchev–Trinajstić information content (AvgIpc) is 3.15. The van der Waals surface area contributed by atoms with Crippen LogP contribution in [-0.4, -0.2) is 63.6 Å². The summed E-state index contributed by atoms with van der Waals surface area (Å²) in [5, 5.41) is 6.20. The van der Waals surface area contributed by atoms with Crippen LogP contribution in [-0.2, 0) is 12.6 Å². The van der Waals surface area contributed by atoms with Gasteiger partial charge in [0.2, 0.25) is 0 Å². The second kappa shape index (κ2) is 11.6. The first-order valence-corrected chi connectivity index (χ1v) is 11.3. The van der Waals surface area contributed by atoms with Gasteiger partial charge in [-0.2, -0.15) is 13.2 Å². The van der Waals surface area contributed by atoms with Crippen molar-refractivity contribution in [3.05, 3.63) is 45.4 Å². The zero-order valence-electron chi connectivity index (χ0n) is 19.2. The SMILES string of the molecule is CC(NC(=O)c1sc(CCNCCCN(C)C)nc1C(F)(F)F)c1cccc(N(C)C)c1. The molecule has 2 N–H and O–H groups in total. The van der Waals surface area contributed by atoms with E-state index in [-0.39, 0.29) is 0 Å². The minimum atomic E-state index is -4.69. The van der Waals surface area contributed by atoms with Gasteiger partial charge in [0, 0.05) is 32.7 Å². The fourth-order valence-corrected chi connectivity index (χ4v) is 4.06. The summed E-state index contributed by atoms with van der Waals surface area (Å²) in [4.78, 5) is 20.1. The van der Waals surface area contributed by atoms with E-state index in [4.69, 9.17) is 0 Å². The van der Waals surface area contributed by atoms with Crippen molar-refractivity contribution in [3.8, 4) is 0 Å². The Bertz CT molecular complexity index is 883. The first-order valence-electron chi connectivity index (χ1n) is 10.5. The molecule has 2 rings (SSSR count). The minimum Gasteiger partial charge on any atom is -0.378 e. The molecule has 1 aromatic heterocycles. The number of rotatable bonds is 11. The maximum absolute atomic E-state index is 13.5. The summed E-state index contributed by atoms with van der Waals surface area (Å²) in [5.74, 6) is -0.761. The Hall–Kier alpha value is -2.17. The molecular weight excluding hydrogens is 439 g/mol. The first kappa shape index (κ1) is 26.1. The Morgan fingerprint density at radius 2 is 1.91 bits per heavy atom. The lowest BCUT2D eigenvalue weighted by Crippen LogP contribution is -2.28. The molecule has 0 aliphatic rings. The maximum Gasteiger partial charge on any atom is 0.435 e. The third-order valence-corrected chi connectivity index (χ3v) is 5.97. The highest BCUT2D eigenvalue weighted by atomic mass is 32.1. The largest absolute Gasteiger partial charge is 0.435 e. The van der Waals surface area contributed by atoms with Gasteiger partial charge in [0.25, 0.3) is 5.91 Å². The van der Waals surface area contributed by atoms with Gasteiger partial charge in [-0.05, 0) is 58.2 Å². The lowest BCUT2D eigenvalue weighted by atomic mass is 10.1. The Morgan fingerprint density at radius 1 is 1.19 bits per heavy atom. The molecule has 0 aliphatic carbocycles. The van der Waals surface area contributed by atoms with Crippen molar-refractivity contribution in [3.63, 3.8) is 0 Å². The molecule has 1 unspecified atom stereocenters.